The van der Waals surface area contributed by atoms with Crippen molar-refractivity contribution >= 4 is 35.0 Å². The number of rotatable bonds is 5. The first-order valence-electron chi connectivity index (χ1n) is 8.90. The van der Waals surface area contributed by atoms with Crippen molar-refractivity contribution in [3.05, 3.63) is 41.0 Å². The molecular weight excluding hydrogens is 352 g/mol. The Morgan fingerprint density at radius 2 is 1.96 bits per heavy atom. The third-order valence-corrected chi connectivity index (χ3v) is 4.83. The highest BCUT2D eigenvalue weighted by atomic mass is 35.5. The number of nitrogens with zero attached hydrogens (tertiary/aromatic N) is 2. The summed E-state index contributed by atoms with van der Waals surface area (Å²) in [5, 5.41) is 7.06. The molecule has 1 aliphatic rings. The highest BCUT2D eigenvalue weighted by Gasteiger charge is 2.14. The molecule has 0 atom stereocenters. The van der Waals surface area contributed by atoms with Crippen LogP contribution in [0.3, 0.4) is 0 Å². The second-order valence-corrected chi connectivity index (χ2v) is 6.82. The van der Waals surface area contributed by atoms with Crippen molar-refractivity contribution in [2.45, 2.75) is 44.6 Å². The summed E-state index contributed by atoms with van der Waals surface area (Å²) in [4.78, 5) is 20.5. The largest absolute Gasteiger partial charge is 0.465 e. The van der Waals surface area contributed by atoms with Crippen LogP contribution in [-0.4, -0.2) is 29.1 Å². The molecule has 1 aromatic heterocycles. The van der Waals surface area contributed by atoms with Crippen molar-refractivity contribution in [1.82, 2.24) is 9.97 Å². The minimum atomic E-state index is -0.422. The Hall–Kier alpha value is -2.34. The number of nitrogens with one attached hydrogen (secondary N) is 2. The van der Waals surface area contributed by atoms with Crippen LogP contribution in [0.5, 0.6) is 0 Å². The lowest BCUT2D eigenvalue weighted by Crippen LogP contribution is -2.19. The monoisotopic (exact) mass is 374 g/mol. The van der Waals surface area contributed by atoms with Gasteiger partial charge in [0.05, 0.1) is 23.4 Å². The van der Waals surface area contributed by atoms with E-state index in [2.05, 4.69) is 20.6 Å². The Balaban J connectivity index is 1.73. The third-order valence-electron chi connectivity index (χ3n) is 4.50. The lowest BCUT2D eigenvalue weighted by atomic mass is 10.1. The van der Waals surface area contributed by atoms with E-state index < -0.39 is 5.97 Å². The van der Waals surface area contributed by atoms with E-state index in [4.69, 9.17) is 16.3 Å². The van der Waals surface area contributed by atoms with E-state index in [1.54, 1.807) is 24.4 Å². The van der Waals surface area contributed by atoms with Gasteiger partial charge in [0.2, 0.25) is 5.95 Å². The van der Waals surface area contributed by atoms with E-state index >= 15 is 0 Å². The molecule has 1 aliphatic carbocycles. The van der Waals surface area contributed by atoms with Gasteiger partial charge in [-0.15, -0.1) is 0 Å². The predicted octanol–water partition coefficient (Wildman–Crippen LogP) is 4.79. The highest BCUT2D eigenvalue weighted by molar-refractivity contribution is 6.33. The molecular formula is C19H23ClN4O2. The number of halogens is 1. The topological polar surface area (TPSA) is 76.1 Å². The molecule has 0 radical (unpaired) electrons. The van der Waals surface area contributed by atoms with Crippen LogP contribution >= 0.6 is 11.6 Å². The Kier molecular flexibility index (Phi) is 6.28. The maximum Gasteiger partial charge on any atom is 0.337 e. The van der Waals surface area contributed by atoms with E-state index in [0.29, 0.717) is 28.3 Å². The molecule has 1 fully saturated rings. The van der Waals surface area contributed by atoms with Crippen molar-refractivity contribution < 1.29 is 9.53 Å². The van der Waals surface area contributed by atoms with Crippen LogP contribution in [0, 0.1) is 0 Å². The number of hydrogen-bond acceptors (Lipinski definition) is 6. The maximum atomic E-state index is 11.7. The predicted molar refractivity (Wildman–Crippen MR) is 103 cm³/mol. The van der Waals surface area contributed by atoms with Gasteiger partial charge in [-0.2, -0.15) is 4.98 Å². The van der Waals surface area contributed by atoms with Gasteiger partial charge in [0, 0.05) is 12.2 Å². The van der Waals surface area contributed by atoms with Crippen LogP contribution in [-0.2, 0) is 4.74 Å². The molecule has 26 heavy (non-hydrogen) atoms. The van der Waals surface area contributed by atoms with Gasteiger partial charge >= 0.3 is 5.97 Å². The summed E-state index contributed by atoms with van der Waals surface area (Å²) in [5.74, 6) is 0.789. The fourth-order valence-electron chi connectivity index (χ4n) is 3.12. The second-order valence-electron chi connectivity index (χ2n) is 6.41. The molecule has 3 rings (SSSR count). The van der Waals surface area contributed by atoms with Gasteiger partial charge in [0.15, 0.2) is 0 Å². The molecule has 0 unspecified atom stereocenters. The average Bonchev–Trinajstić information content (AvgIpc) is 2.92. The number of benzene rings is 1. The molecule has 1 aromatic carbocycles. The summed E-state index contributed by atoms with van der Waals surface area (Å²) < 4.78 is 4.74. The van der Waals surface area contributed by atoms with Gasteiger partial charge in [-0.3, -0.25) is 0 Å². The first kappa shape index (κ1) is 18.5. The number of carbonyl (C=O) groups is 1. The molecule has 2 N–H and O–H groups in total. The van der Waals surface area contributed by atoms with Gasteiger partial charge in [0.25, 0.3) is 0 Å². The summed E-state index contributed by atoms with van der Waals surface area (Å²) in [6.45, 7) is 0. The van der Waals surface area contributed by atoms with E-state index in [0.717, 1.165) is 5.82 Å². The molecule has 0 aliphatic heterocycles. The molecule has 2 aromatic rings. The van der Waals surface area contributed by atoms with Gasteiger partial charge in [-0.05, 0) is 37.1 Å². The van der Waals surface area contributed by atoms with Crippen molar-refractivity contribution in [3.8, 4) is 0 Å². The molecule has 1 heterocycles. The van der Waals surface area contributed by atoms with Crippen molar-refractivity contribution in [2.75, 3.05) is 17.7 Å². The summed E-state index contributed by atoms with van der Waals surface area (Å²) in [7, 11) is 1.34. The Morgan fingerprint density at radius 1 is 1.19 bits per heavy atom. The lowest BCUT2D eigenvalue weighted by molar-refractivity contribution is 0.0601. The Morgan fingerprint density at radius 3 is 2.69 bits per heavy atom. The number of esters is 1. The lowest BCUT2D eigenvalue weighted by Gasteiger charge is -2.17. The molecule has 7 heteroatoms. The zero-order valence-corrected chi connectivity index (χ0v) is 15.6. The zero-order valence-electron chi connectivity index (χ0n) is 14.8. The van der Waals surface area contributed by atoms with Crippen molar-refractivity contribution in [3.63, 3.8) is 0 Å². The van der Waals surface area contributed by atoms with Crippen LogP contribution in [0.25, 0.3) is 0 Å². The summed E-state index contributed by atoms with van der Waals surface area (Å²) in [6.07, 6.45) is 9.16. The van der Waals surface area contributed by atoms with Crippen LogP contribution < -0.4 is 10.6 Å². The summed E-state index contributed by atoms with van der Waals surface area (Å²) >= 11 is 6.22. The maximum absolute atomic E-state index is 11.7. The first-order chi connectivity index (χ1) is 12.7. The number of anilines is 3. The fraction of sp³-hybridized carbons (Fsp3) is 0.421. The number of methoxy groups -OCH3 is 1. The minimum Gasteiger partial charge on any atom is -0.465 e. The molecule has 0 spiro atoms. The molecule has 0 bridgehead atoms. The molecule has 6 nitrogen and oxygen atoms in total. The van der Waals surface area contributed by atoms with E-state index in [1.807, 2.05) is 6.07 Å². The van der Waals surface area contributed by atoms with E-state index in [9.17, 15) is 4.79 Å². The van der Waals surface area contributed by atoms with Crippen LogP contribution in [0.4, 0.5) is 17.5 Å². The Labute approximate surface area is 158 Å². The molecule has 138 valence electrons. The SMILES string of the molecule is COC(=O)c1ccc(Cl)c(Nc2nccc(NC3CCCCCC3)n2)c1. The van der Waals surface area contributed by atoms with E-state index in [1.165, 1.54) is 45.6 Å². The third kappa shape index (κ3) is 4.85. The number of aromatic nitrogens is 2. The number of carbonyl (C=O) groups excluding carboxylic acids is 1. The summed E-state index contributed by atoms with van der Waals surface area (Å²) in [5.41, 5.74) is 0.966. The minimum absolute atomic E-state index is 0.409. The molecule has 1 saturated carbocycles. The van der Waals surface area contributed by atoms with Crippen molar-refractivity contribution in [2.24, 2.45) is 0 Å². The zero-order chi connectivity index (χ0) is 18.4. The highest BCUT2D eigenvalue weighted by Crippen LogP contribution is 2.26. The second kappa shape index (κ2) is 8.85. The van der Waals surface area contributed by atoms with Crippen LogP contribution in [0.15, 0.2) is 30.5 Å². The first-order valence-corrected chi connectivity index (χ1v) is 9.28. The normalized spacial score (nSPS) is 15.2. The van der Waals surface area contributed by atoms with Crippen LogP contribution in [0.1, 0.15) is 48.9 Å². The smallest absolute Gasteiger partial charge is 0.337 e. The Bertz CT molecular complexity index is 761. The van der Waals surface area contributed by atoms with E-state index in [-0.39, 0.29) is 0 Å². The van der Waals surface area contributed by atoms with Gasteiger partial charge in [0.1, 0.15) is 5.82 Å². The summed E-state index contributed by atoms with van der Waals surface area (Å²) in [6, 6.07) is 7.20. The average molecular weight is 375 g/mol. The number of hydrogen-bond donors (Lipinski definition) is 2. The molecule has 0 amide bonds. The molecule has 0 saturated heterocycles. The van der Waals surface area contributed by atoms with Gasteiger partial charge < -0.3 is 15.4 Å². The van der Waals surface area contributed by atoms with Crippen molar-refractivity contribution in [1.29, 1.82) is 0 Å². The quantitative estimate of drug-likeness (QED) is 0.578. The van der Waals surface area contributed by atoms with Crippen LogP contribution in [0.2, 0.25) is 5.02 Å². The standard InChI is InChI=1S/C19H23ClN4O2/c1-26-18(25)13-8-9-15(20)16(12-13)23-19-21-11-10-17(24-19)22-14-6-4-2-3-5-7-14/h8-12,14H,2-7H2,1H3,(H2,21,22,23,24). The number of ether oxygens (including phenoxy) is 1. The van der Waals surface area contributed by atoms with Gasteiger partial charge in [-0.25, -0.2) is 9.78 Å². The van der Waals surface area contributed by atoms with Gasteiger partial charge in [-0.1, -0.05) is 37.3 Å². The fourth-order valence-corrected chi connectivity index (χ4v) is 3.28.